The first kappa shape index (κ1) is 24.5. The molecule has 3 aromatic rings. The van der Waals surface area contributed by atoms with Gasteiger partial charge in [0.2, 0.25) is 5.91 Å². The van der Waals surface area contributed by atoms with Gasteiger partial charge in [0, 0.05) is 19.8 Å². The number of rotatable bonds is 8. The first-order valence-corrected chi connectivity index (χ1v) is 11.3. The van der Waals surface area contributed by atoms with Gasteiger partial charge in [-0.05, 0) is 34.2 Å². The summed E-state index contributed by atoms with van der Waals surface area (Å²) in [5.74, 6) is 0.300. The number of H-pyrrole nitrogens is 1. The summed E-state index contributed by atoms with van der Waals surface area (Å²) in [7, 11) is 3.08. The molecular formula is C24H29N4O4S-. The summed E-state index contributed by atoms with van der Waals surface area (Å²) in [6.45, 7) is 6.76. The SMILES string of the molecule is COc1ccc(C(C(=O)NCc2ccc(C(C)(C)C)cc2)N(C)N([O-])c2c[nH]c(=O)s2)cc1. The molecule has 2 aromatic carbocycles. The van der Waals surface area contributed by atoms with Gasteiger partial charge in [-0.15, -0.1) is 0 Å². The van der Waals surface area contributed by atoms with Crippen molar-refractivity contribution in [2.24, 2.45) is 0 Å². The monoisotopic (exact) mass is 469 g/mol. The summed E-state index contributed by atoms with van der Waals surface area (Å²) >= 11 is 0.777. The largest absolute Gasteiger partial charge is 0.742 e. The number of hydrazine groups is 1. The molecule has 0 bridgehead atoms. The number of nitrogens with zero attached hydrogens (tertiary/aromatic N) is 2. The maximum Gasteiger partial charge on any atom is 0.306 e. The van der Waals surface area contributed by atoms with Crippen LogP contribution < -0.4 is 20.1 Å². The molecule has 0 saturated heterocycles. The topological polar surface area (TPSA) is 101 Å². The highest BCUT2D eigenvalue weighted by atomic mass is 32.1. The Labute approximate surface area is 197 Å². The van der Waals surface area contributed by atoms with Gasteiger partial charge in [-0.25, -0.2) is 5.01 Å². The van der Waals surface area contributed by atoms with Gasteiger partial charge in [0.1, 0.15) is 16.8 Å². The third-order valence-corrected chi connectivity index (χ3v) is 6.11. The Bertz CT molecular complexity index is 1120. The van der Waals surface area contributed by atoms with E-state index in [1.807, 2.05) is 12.1 Å². The number of likely N-dealkylation sites (N-methyl/N-ethyl adjacent to an activating group) is 1. The highest BCUT2D eigenvalue weighted by Crippen LogP contribution is 2.27. The standard InChI is InChI=1S/C24H29N4O4S/c1-24(2,3)18-10-6-16(7-11-18)14-25-22(29)21(17-8-12-19(32-5)13-9-17)27(4)28(31)20-15-26-23(30)33-20/h6-13,15,21H,14H2,1-5H3,(H,25,29)(H,26,30)/q-1. The van der Waals surface area contributed by atoms with Crippen molar-refractivity contribution in [2.45, 2.75) is 38.8 Å². The maximum absolute atomic E-state index is 13.3. The maximum atomic E-state index is 13.3. The number of carbonyl (C=O) groups excluding carboxylic acids is 1. The van der Waals surface area contributed by atoms with Crippen molar-refractivity contribution in [3.05, 3.63) is 86.3 Å². The van der Waals surface area contributed by atoms with Gasteiger partial charge < -0.3 is 25.4 Å². The number of aromatic amines is 1. The van der Waals surface area contributed by atoms with Crippen molar-refractivity contribution < 1.29 is 9.53 Å². The lowest BCUT2D eigenvalue weighted by molar-refractivity contribution is -0.126. The van der Waals surface area contributed by atoms with Crippen molar-refractivity contribution in [3.8, 4) is 5.75 Å². The number of nitrogens with one attached hydrogen (secondary N) is 2. The molecule has 1 amide bonds. The quantitative estimate of drug-likeness (QED) is 0.485. The molecule has 0 spiro atoms. The van der Waals surface area contributed by atoms with Crippen LogP contribution in [0, 0.1) is 5.21 Å². The number of hydrogen-bond acceptors (Lipinski definition) is 7. The first-order chi connectivity index (χ1) is 15.6. The number of carbonyl (C=O) groups is 1. The van der Waals surface area contributed by atoms with E-state index in [-0.39, 0.29) is 21.2 Å². The molecule has 176 valence electrons. The van der Waals surface area contributed by atoms with Crippen LogP contribution in [0.5, 0.6) is 5.75 Å². The van der Waals surface area contributed by atoms with E-state index in [4.69, 9.17) is 4.74 Å². The fraction of sp³-hybridized carbons (Fsp3) is 0.333. The lowest BCUT2D eigenvalue weighted by Crippen LogP contribution is -2.45. The van der Waals surface area contributed by atoms with Crippen LogP contribution in [0.3, 0.4) is 0 Å². The molecule has 1 atom stereocenters. The number of anilines is 1. The van der Waals surface area contributed by atoms with Gasteiger partial charge in [-0.3, -0.25) is 9.59 Å². The number of benzene rings is 2. The highest BCUT2D eigenvalue weighted by Gasteiger charge is 2.27. The number of ether oxygens (including phenoxy) is 1. The van der Waals surface area contributed by atoms with Gasteiger partial charge in [-0.1, -0.05) is 68.5 Å². The Balaban J connectivity index is 1.81. The summed E-state index contributed by atoms with van der Waals surface area (Å²) < 4.78 is 5.20. The molecular weight excluding hydrogens is 440 g/mol. The Morgan fingerprint density at radius 3 is 2.30 bits per heavy atom. The zero-order valence-electron chi connectivity index (χ0n) is 19.4. The minimum absolute atomic E-state index is 0.0463. The zero-order chi connectivity index (χ0) is 24.2. The molecule has 0 fully saturated rings. The molecule has 0 aliphatic carbocycles. The molecule has 2 N–H and O–H groups in total. The van der Waals surface area contributed by atoms with Crippen molar-refractivity contribution in [3.63, 3.8) is 0 Å². The second-order valence-electron chi connectivity index (χ2n) is 8.70. The van der Waals surface area contributed by atoms with Crippen LogP contribution in [0.15, 0.2) is 59.5 Å². The predicted octanol–water partition coefficient (Wildman–Crippen LogP) is 3.95. The van der Waals surface area contributed by atoms with Crippen LogP contribution in [-0.2, 0) is 16.8 Å². The highest BCUT2D eigenvalue weighted by molar-refractivity contribution is 7.13. The summed E-state index contributed by atoms with van der Waals surface area (Å²) in [5.41, 5.74) is 2.82. The number of methoxy groups -OCH3 is 1. The molecule has 0 aliphatic rings. The summed E-state index contributed by atoms with van der Waals surface area (Å²) in [6, 6.07) is 14.1. The van der Waals surface area contributed by atoms with E-state index in [0.29, 0.717) is 23.0 Å². The van der Waals surface area contributed by atoms with E-state index in [0.717, 1.165) is 16.9 Å². The number of aromatic nitrogens is 1. The second kappa shape index (κ2) is 10.2. The second-order valence-corrected chi connectivity index (χ2v) is 9.70. The Kier molecular flexibility index (Phi) is 7.57. The molecule has 0 saturated carbocycles. The van der Waals surface area contributed by atoms with Gasteiger partial charge in [0.05, 0.1) is 7.11 Å². The van der Waals surface area contributed by atoms with E-state index >= 15 is 0 Å². The lowest BCUT2D eigenvalue weighted by atomic mass is 9.87. The summed E-state index contributed by atoms with van der Waals surface area (Å²) in [4.78, 5) is 26.9. The Morgan fingerprint density at radius 1 is 1.15 bits per heavy atom. The average molecular weight is 470 g/mol. The number of amides is 1. The van der Waals surface area contributed by atoms with Crippen LogP contribution in [0.25, 0.3) is 0 Å². The number of thiazole rings is 1. The third kappa shape index (κ3) is 6.01. The molecule has 8 nitrogen and oxygen atoms in total. The predicted molar refractivity (Wildman–Crippen MR) is 131 cm³/mol. The van der Waals surface area contributed by atoms with E-state index in [2.05, 4.69) is 43.2 Å². The third-order valence-electron chi connectivity index (χ3n) is 5.33. The van der Waals surface area contributed by atoms with Crippen LogP contribution in [0.4, 0.5) is 5.00 Å². The van der Waals surface area contributed by atoms with Crippen LogP contribution in [0.2, 0.25) is 0 Å². The summed E-state index contributed by atoms with van der Waals surface area (Å²) in [6.07, 6.45) is 1.33. The van der Waals surface area contributed by atoms with Crippen molar-refractivity contribution in [1.29, 1.82) is 0 Å². The van der Waals surface area contributed by atoms with E-state index in [1.165, 1.54) is 23.8 Å². The van der Waals surface area contributed by atoms with Crippen molar-refractivity contribution in [1.82, 2.24) is 15.3 Å². The molecule has 0 aliphatic heterocycles. The van der Waals surface area contributed by atoms with E-state index in [9.17, 15) is 14.8 Å². The van der Waals surface area contributed by atoms with Gasteiger partial charge in [-0.2, -0.15) is 0 Å². The van der Waals surface area contributed by atoms with Gasteiger partial charge in [0.25, 0.3) is 0 Å². The fourth-order valence-electron chi connectivity index (χ4n) is 3.36. The first-order valence-electron chi connectivity index (χ1n) is 10.5. The minimum Gasteiger partial charge on any atom is -0.742 e. The van der Waals surface area contributed by atoms with Gasteiger partial charge >= 0.3 is 4.87 Å². The van der Waals surface area contributed by atoms with Crippen LogP contribution in [-0.4, -0.2) is 30.1 Å². The molecule has 1 unspecified atom stereocenters. The Hall–Kier alpha value is -3.14. The molecule has 3 rings (SSSR count). The fourth-order valence-corrected chi connectivity index (χ4v) is 3.99. The molecule has 9 heteroatoms. The minimum atomic E-state index is -0.917. The van der Waals surface area contributed by atoms with E-state index in [1.54, 1.807) is 31.4 Å². The smallest absolute Gasteiger partial charge is 0.306 e. The molecule has 1 heterocycles. The van der Waals surface area contributed by atoms with Crippen molar-refractivity contribution in [2.75, 3.05) is 19.3 Å². The zero-order valence-corrected chi connectivity index (χ0v) is 20.2. The molecule has 33 heavy (non-hydrogen) atoms. The van der Waals surface area contributed by atoms with E-state index < -0.39 is 6.04 Å². The average Bonchev–Trinajstić information content (AvgIpc) is 3.23. The lowest BCUT2D eigenvalue weighted by Gasteiger charge is -2.41. The normalized spacial score (nSPS) is 12.5. The number of hydrogen-bond donors (Lipinski definition) is 2. The summed E-state index contributed by atoms with van der Waals surface area (Å²) in [5, 5.41) is 17.8. The Morgan fingerprint density at radius 2 is 1.79 bits per heavy atom. The van der Waals surface area contributed by atoms with Crippen LogP contribution in [0.1, 0.15) is 43.5 Å². The van der Waals surface area contributed by atoms with Crippen LogP contribution >= 0.6 is 11.3 Å². The van der Waals surface area contributed by atoms with Gasteiger partial charge in [0.15, 0.2) is 0 Å². The van der Waals surface area contributed by atoms with Crippen molar-refractivity contribution >= 4 is 22.2 Å². The molecule has 0 radical (unpaired) electrons. The molecule has 1 aromatic heterocycles.